The zero-order valence-electron chi connectivity index (χ0n) is 13.2. The lowest BCUT2D eigenvalue weighted by molar-refractivity contribution is 0.311. The van der Waals surface area contributed by atoms with E-state index in [0.29, 0.717) is 0 Å². The second kappa shape index (κ2) is 6.71. The molecule has 3 aromatic rings. The summed E-state index contributed by atoms with van der Waals surface area (Å²) in [6, 6.07) is 12.4. The van der Waals surface area contributed by atoms with Gasteiger partial charge in [0.15, 0.2) is 0 Å². The lowest BCUT2D eigenvalue weighted by Crippen LogP contribution is -2.21. The van der Waals surface area contributed by atoms with Crippen LogP contribution in [0.15, 0.2) is 48.8 Å². The van der Waals surface area contributed by atoms with Crippen LogP contribution in [0.1, 0.15) is 17.8 Å². The van der Waals surface area contributed by atoms with Crippen LogP contribution in [0, 0.1) is 0 Å². The van der Waals surface area contributed by atoms with Crippen molar-refractivity contribution in [3.63, 3.8) is 0 Å². The molecule has 0 radical (unpaired) electrons. The second-order valence-corrected chi connectivity index (χ2v) is 5.78. The zero-order valence-corrected chi connectivity index (χ0v) is 13.2. The Morgan fingerprint density at radius 1 is 1.14 bits per heavy atom. The molecular weight excluding hydrogens is 272 g/mol. The molecule has 4 heteroatoms. The third-order valence-electron chi connectivity index (χ3n) is 4.02. The van der Waals surface area contributed by atoms with E-state index in [9.17, 15) is 0 Å². The Bertz CT molecular complexity index is 733. The van der Waals surface area contributed by atoms with Crippen LogP contribution < -0.4 is 0 Å². The van der Waals surface area contributed by atoms with E-state index in [1.54, 1.807) is 0 Å². The Labute approximate surface area is 131 Å². The first-order valence-electron chi connectivity index (χ1n) is 7.72. The number of benzene rings is 1. The SMILES string of the molecule is CN(CCCc1cccnc1)Cc1nc2ccccc2n1C. The normalized spacial score (nSPS) is 11.4. The molecule has 114 valence electrons. The number of nitrogens with zero attached hydrogens (tertiary/aromatic N) is 4. The molecule has 0 unspecified atom stereocenters. The summed E-state index contributed by atoms with van der Waals surface area (Å²) in [7, 11) is 4.25. The van der Waals surface area contributed by atoms with Gasteiger partial charge in [-0.25, -0.2) is 4.98 Å². The van der Waals surface area contributed by atoms with E-state index in [-0.39, 0.29) is 0 Å². The van der Waals surface area contributed by atoms with Crippen LogP contribution in [0.5, 0.6) is 0 Å². The highest BCUT2D eigenvalue weighted by atomic mass is 15.2. The van der Waals surface area contributed by atoms with Gasteiger partial charge in [-0.3, -0.25) is 9.88 Å². The Hall–Kier alpha value is -2.20. The van der Waals surface area contributed by atoms with E-state index in [2.05, 4.69) is 52.8 Å². The van der Waals surface area contributed by atoms with Crippen LogP contribution in [0.4, 0.5) is 0 Å². The van der Waals surface area contributed by atoms with E-state index >= 15 is 0 Å². The first-order chi connectivity index (χ1) is 10.7. The molecule has 0 amide bonds. The Morgan fingerprint density at radius 3 is 2.77 bits per heavy atom. The summed E-state index contributed by atoms with van der Waals surface area (Å²) in [4.78, 5) is 11.2. The summed E-state index contributed by atoms with van der Waals surface area (Å²) in [5, 5.41) is 0. The minimum absolute atomic E-state index is 0.873. The van der Waals surface area contributed by atoms with Crippen molar-refractivity contribution in [3.05, 3.63) is 60.2 Å². The molecule has 0 fully saturated rings. The maximum absolute atomic E-state index is 4.73. The number of aryl methyl sites for hydroxylation is 2. The predicted octanol–water partition coefficient (Wildman–Crippen LogP) is 3.03. The lowest BCUT2D eigenvalue weighted by Gasteiger charge is -2.16. The lowest BCUT2D eigenvalue weighted by atomic mass is 10.1. The fourth-order valence-corrected chi connectivity index (χ4v) is 2.76. The van der Waals surface area contributed by atoms with E-state index in [1.165, 1.54) is 11.1 Å². The minimum atomic E-state index is 0.873. The number of para-hydroxylation sites is 2. The van der Waals surface area contributed by atoms with Gasteiger partial charge in [-0.05, 0) is 50.2 Å². The zero-order chi connectivity index (χ0) is 15.4. The molecule has 0 aliphatic heterocycles. The molecule has 0 aliphatic carbocycles. The monoisotopic (exact) mass is 294 g/mol. The summed E-state index contributed by atoms with van der Waals surface area (Å²) in [5.74, 6) is 1.12. The van der Waals surface area contributed by atoms with E-state index < -0.39 is 0 Å². The largest absolute Gasteiger partial charge is 0.330 e. The quantitative estimate of drug-likeness (QED) is 0.701. The van der Waals surface area contributed by atoms with Gasteiger partial charge in [-0.1, -0.05) is 18.2 Å². The predicted molar refractivity (Wildman–Crippen MR) is 89.6 cm³/mol. The van der Waals surface area contributed by atoms with Crippen molar-refractivity contribution in [1.29, 1.82) is 0 Å². The van der Waals surface area contributed by atoms with E-state index in [4.69, 9.17) is 4.98 Å². The summed E-state index contributed by atoms with van der Waals surface area (Å²) >= 11 is 0. The molecule has 0 bridgehead atoms. The molecule has 1 aromatic carbocycles. The highest BCUT2D eigenvalue weighted by molar-refractivity contribution is 5.75. The maximum atomic E-state index is 4.73. The molecule has 0 spiro atoms. The van der Waals surface area contributed by atoms with E-state index in [1.807, 2.05) is 24.5 Å². The average molecular weight is 294 g/mol. The number of pyridine rings is 1. The number of rotatable bonds is 6. The van der Waals surface area contributed by atoms with Gasteiger partial charge < -0.3 is 4.57 Å². The van der Waals surface area contributed by atoms with E-state index in [0.717, 1.165) is 37.3 Å². The summed E-state index contributed by atoms with van der Waals surface area (Å²) < 4.78 is 2.19. The van der Waals surface area contributed by atoms with Crippen molar-refractivity contribution in [2.45, 2.75) is 19.4 Å². The molecule has 4 nitrogen and oxygen atoms in total. The summed E-state index contributed by atoms with van der Waals surface area (Å²) in [6.07, 6.45) is 5.97. The number of fused-ring (bicyclic) bond motifs is 1. The standard InChI is InChI=1S/C18H22N4/c1-21(12-6-8-15-7-5-11-19-13-15)14-18-20-16-9-3-4-10-17(16)22(18)2/h3-5,7,9-11,13H,6,8,12,14H2,1-2H3. The fraction of sp³-hybridized carbons (Fsp3) is 0.333. The molecule has 2 aromatic heterocycles. The summed E-state index contributed by atoms with van der Waals surface area (Å²) in [5.41, 5.74) is 3.57. The van der Waals surface area contributed by atoms with Crippen molar-refractivity contribution >= 4 is 11.0 Å². The van der Waals surface area contributed by atoms with Crippen molar-refractivity contribution in [3.8, 4) is 0 Å². The van der Waals surface area contributed by atoms with Crippen LogP contribution in [-0.2, 0) is 20.0 Å². The topological polar surface area (TPSA) is 34.0 Å². The number of hydrogen-bond acceptors (Lipinski definition) is 3. The van der Waals surface area contributed by atoms with Crippen LogP contribution in [0.25, 0.3) is 11.0 Å². The van der Waals surface area contributed by atoms with Crippen molar-refractivity contribution in [1.82, 2.24) is 19.4 Å². The molecule has 0 saturated carbocycles. The van der Waals surface area contributed by atoms with Crippen LogP contribution in [0.3, 0.4) is 0 Å². The molecule has 2 heterocycles. The minimum Gasteiger partial charge on any atom is -0.330 e. The molecule has 0 N–H and O–H groups in total. The molecule has 0 atom stereocenters. The van der Waals surface area contributed by atoms with Crippen molar-refractivity contribution < 1.29 is 0 Å². The Morgan fingerprint density at radius 2 is 2.00 bits per heavy atom. The molecule has 3 rings (SSSR count). The highest BCUT2D eigenvalue weighted by Crippen LogP contribution is 2.15. The summed E-state index contributed by atoms with van der Waals surface area (Å²) in [6.45, 7) is 1.93. The van der Waals surface area contributed by atoms with Gasteiger partial charge in [0.25, 0.3) is 0 Å². The Balaban J connectivity index is 1.56. The third-order valence-corrected chi connectivity index (χ3v) is 4.02. The second-order valence-electron chi connectivity index (χ2n) is 5.78. The molecule has 0 aliphatic rings. The van der Waals surface area contributed by atoms with Gasteiger partial charge in [0.05, 0.1) is 17.6 Å². The fourth-order valence-electron chi connectivity index (χ4n) is 2.76. The first-order valence-corrected chi connectivity index (χ1v) is 7.72. The van der Waals surface area contributed by atoms with Gasteiger partial charge in [0, 0.05) is 19.4 Å². The third kappa shape index (κ3) is 3.34. The van der Waals surface area contributed by atoms with Crippen LogP contribution >= 0.6 is 0 Å². The van der Waals surface area contributed by atoms with Gasteiger partial charge in [-0.2, -0.15) is 0 Å². The van der Waals surface area contributed by atoms with Gasteiger partial charge in [0.2, 0.25) is 0 Å². The Kier molecular flexibility index (Phi) is 4.49. The van der Waals surface area contributed by atoms with Gasteiger partial charge >= 0.3 is 0 Å². The van der Waals surface area contributed by atoms with Crippen LogP contribution in [0.2, 0.25) is 0 Å². The first kappa shape index (κ1) is 14.7. The smallest absolute Gasteiger partial charge is 0.123 e. The highest BCUT2D eigenvalue weighted by Gasteiger charge is 2.09. The molecule has 0 saturated heterocycles. The van der Waals surface area contributed by atoms with Crippen LogP contribution in [-0.4, -0.2) is 33.0 Å². The van der Waals surface area contributed by atoms with Crippen molar-refractivity contribution in [2.75, 3.05) is 13.6 Å². The number of imidazole rings is 1. The van der Waals surface area contributed by atoms with Gasteiger partial charge in [0.1, 0.15) is 5.82 Å². The maximum Gasteiger partial charge on any atom is 0.123 e. The van der Waals surface area contributed by atoms with Gasteiger partial charge in [-0.15, -0.1) is 0 Å². The number of aromatic nitrogens is 3. The van der Waals surface area contributed by atoms with Crippen molar-refractivity contribution in [2.24, 2.45) is 7.05 Å². The number of hydrogen-bond donors (Lipinski definition) is 0. The average Bonchev–Trinajstić information content (AvgIpc) is 2.85. The molecule has 22 heavy (non-hydrogen) atoms. The molecular formula is C18H22N4.